The summed E-state index contributed by atoms with van der Waals surface area (Å²) in [5, 5.41) is 4.65. The highest BCUT2D eigenvalue weighted by Crippen LogP contribution is 2.51. The molecule has 1 heterocycles. The van der Waals surface area contributed by atoms with Gasteiger partial charge in [0.2, 0.25) is 0 Å². The Kier molecular flexibility index (Phi) is 5.84. The minimum absolute atomic E-state index is 0.0231. The van der Waals surface area contributed by atoms with Gasteiger partial charge >= 0.3 is 0 Å². The highest BCUT2D eigenvalue weighted by molar-refractivity contribution is 7.73. The van der Waals surface area contributed by atoms with Crippen LogP contribution in [-0.2, 0) is 0 Å². The summed E-state index contributed by atoms with van der Waals surface area (Å²) < 4.78 is 0. The lowest BCUT2D eigenvalue weighted by Gasteiger charge is -2.24. The first-order valence-electron chi connectivity index (χ1n) is 9.49. The zero-order chi connectivity index (χ0) is 17.8. The van der Waals surface area contributed by atoms with E-state index in [0.717, 1.165) is 11.8 Å². The molecule has 26 heavy (non-hydrogen) atoms. The van der Waals surface area contributed by atoms with Crippen molar-refractivity contribution in [2.24, 2.45) is 11.8 Å². The Bertz CT molecular complexity index is 762. The molecule has 0 bridgehead atoms. The highest BCUT2D eigenvalue weighted by Gasteiger charge is 2.33. The van der Waals surface area contributed by atoms with Gasteiger partial charge in [0.15, 0.2) is 0 Å². The summed E-state index contributed by atoms with van der Waals surface area (Å²) >= 11 is 0. The zero-order valence-corrected chi connectivity index (χ0v) is 17.1. The lowest BCUT2D eigenvalue weighted by Crippen LogP contribution is -2.21. The quantitative estimate of drug-likeness (QED) is 0.538. The van der Waals surface area contributed by atoms with Crippen LogP contribution in [0.3, 0.4) is 0 Å². The highest BCUT2D eigenvalue weighted by atomic mass is 31.1. The van der Waals surface area contributed by atoms with E-state index in [9.17, 15) is 0 Å². The molecule has 0 radical (unpaired) electrons. The van der Waals surface area contributed by atoms with Crippen LogP contribution < -0.4 is 15.9 Å². The molecular formula is C24H26P2. The molecular weight excluding hydrogens is 350 g/mol. The standard InChI is InChI=1S/C24H26P2/c1-20-17-25(22-11-5-2-6-12-22)18-21(20)19-26(23-13-7-3-8-14-23)24-15-9-4-10-16-24/h2-16,20-21H,17-19H2,1H3/t20-,21+,25?/m1/s1. The van der Waals surface area contributed by atoms with E-state index in [-0.39, 0.29) is 15.8 Å². The van der Waals surface area contributed by atoms with Gasteiger partial charge in [-0.15, -0.1) is 0 Å². The van der Waals surface area contributed by atoms with E-state index in [1.807, 2.05) is 0 Å². The zero-order valence-electron chi connectivity index (χ0n) is 15.3. The first-order valence-corrected chi connectivity index (χ1v) is 12.7. The second kappa shape index (κ2) is 8.47. The molecule has 0 amide bonds. The van der Waals surface area contributed by atoms with Crippen molar-refractivity contribution < 1.29 is 0 Å². The van der Waals surface area contributed by atoms with Crippen LogP contribution >= 0.6 is 15.8 Å². The van der Waals surface area contributed by atoms with Gasteiger partial charge in [-0.05, 0) is 54.2 Å². The van der Waals surface area contributed by atoms with Gasteiger partial charge in [-0.1, -0.05) is 106 Å². The van der Waals surface area contributed by atoms with E-state index in [4.69, 9.17) is 0 Å². The minimum atomic E-state index is -0.266. The van der Waals surface area contributed by atoms with Gasteiger partial charge in [0.1, 0.15) is 0 Å². The van der Waals surface area contributed by atoms with E-state index in [2.05, 4.69) is 97.9 Å². The van der Waals surface area contributed by atoms with E-state index < -0.39 is 0 Å². The van der Waals surface area contributed by atoms with Crippen molar-refractivity contribution in [2.75, 3.05) is 18.5 Å². The van der Waals surface area contributed by atoms with Crippen LogP contribution in [0.1, 0.15) is 6.92 Å². The van der Waals surface area contributed by atoms with Crippen LogP contribution in [-0.4, -0.2) is 18.5 Å². The minimum Gasteiger partial charge on any atom is -0.0747 e. The number of rotatable bonds is 5. The van der Waals surface area contributed by atoms with Crippen molar-refractivity contribution >= 4 is 31.8 Å². The van der Waals surface area contributed by atoms with Gasteiger partial charge in [-0.3, -0.25) is 0 Å². The second-order valence-electron chi connectivity index (χ2n) is 7.26. The van der Waals surface area contributed by atoms with Crippen LogP contribution in [0.25, 0.3) is 0 Å². The molecule has 4 rings (SSSR count). The van der Waals surface area contributed by atoms with Crippen LogP contribution in [0.15, 0.2) is 91.0 Å². The van der Waals surface area contributed by atoms with E-state index in [1.165, 1.54) is 29.1 Å². The monoisotopic (exact) mass is 376 g/mol. The molecule has 3 aromatic carbocycles. The smallest absolute Gasteiger partial charge is 0.0195 e. The molecule has 1 aliphatic rings. The first kappa shape index (κ1) is 17.9. The van der Waals surface area contributed by atoms with E-state index in [1.54, 1.807) is 5.30 Å². The summed E-state index contributed by atoms with van der Waals surface area (Å²) in [5.74, 6) is 1.67. The average Bonchev–Trinajstić information content (AvgIpc) is 3.08. The summed E-state index contributed by atoms with van der Waals surface area (Å²) in [4.78, 5) is 0. The van der Waals surface area contributed by atoms with Crippen LogP contribution in [0.5, 0.6) is 0 Å². The van der Waals surface area contributed by atoms with E-state index in [0.29, 0.717) is 0 Å². The molecule has 1 unspecified atom stereocenters. The maximum Gasteiger partial charge on any atom is -0.0195 e. The third-order valence-electron chi connectivity index (χ3n) is 5.44. The van der Waals surface area contributed by atoms with Crippen LogP contribution in [0, 0.1) is 11.8 Å². The van der Waals surface area contributed by atoms with Gasteiger partial charge in [0.05, 0.1) is 0 Å². The second-order valence-corrected chi connectivity index (χ2v) is 11.8. The largest absolute Gasteiger partial charge is 0.0747 e. The fourth-order valence-corrected chi connectivity index (χ4v) is 10.1. The first-order chi connectivity index (χ1) is 12.8. The predicted molar refractivity (Wildman–Crippen MR) is 119 cm³/mol. The van der Waals surface area contributed by atoms with Crippen molar-refractivity contribution in [3.05, 3.63) is 91.0 Å². The normalized spacial score (nSPS) is 22.6. The average molecular weight is 376 g/mol. The summed E-state index contributed by atoms with van der Waals surface area (Å²) in [6.07, 6.45) is 4.13. The Hall–Kier alpha value is -1.48. The predicted octanol–water partition coefficient (Wildman–Crippen LogP) is 5.19. The Morgan fingerprint density at radius 2 is 1.23 bits per heavy atom. The Morgan fingerprint density at radius 3 is 1.77 bits per heavy atom. The Labute approximate surface area is 160 Å². The van der Waals surface area contributed by atoms with Crippen molar-refractivity contribution in [2.45, 2.75) is 6.92 Å². The topological polar surface area (TPSA) is 0 Å². The summed E-state index contributed by atoms with van der Waals surface area (Å²) in [6, 6.07) is 33.6. The van der Waals surface area contributed by atoms with Crippen molar-refractivity contribution in [3.8, 4) is 0 Å². The van der Waals surface area contributed by atoms with Gasteiger partial charge < -0.3 is 0 Å². The van der Waals surface area contributed by atoms with Crippen molar-refractivity contribution in [1.82, 2.24) is 0 Å². The molecule has 1 saturated heterocycles. The lowest BCUT2D eigenvalue weighted by atomic mass is 10.0. The Morgan fingerprint density at radius 1 is 0.731 bits per heavy atom. The molecule has 0 N–H and O–H groups in total. The molecule has 0 aromatic heterocycles. The van der Waals surface area contributed by atoms with Crippen LogP contribution in [0.2, 0.25) is 0 Å². The summed E-state index contributed by atoms with van der Waals surface area (Å²) in [5.41, 5.74) is 0. The maximum atomic E-state index is 2.49. The summed E-state index contributed by atoms with van der Waals surface area (Å²) in [7, 11) is -0.243. The number of benzene rings is 3. The molecule has 0 aliphatic carbocycles. The fraction of sp³-hybridized carbons (Fsp3) is 0.250. The Balaban J connectivity index is 1.56. The molecule has 0 nitrogen and oxygen atoms in total. The molecule has 3 aromatic rings. The molecule has 3 atom stereocenters. The molecule has 2 heteroatoms. The summed E-state index contributed by atoms with van der Waals surface area (Å²) in [6.45, 7) is 2.49. The third-order valence-corrected chi connectivity index (χ3v) is 11.1. The van der Waals surface area contributed by atoms with Crippen molar-refractivity contribution in [1.29, 1.82) is 0 Å². The van der Waals surface area contributed by atoms with Gasteiger partial charge in [-0.2, -0.15) is 0 Å². The van der Waals surface area contributed by atoms with Gasteiger partial charge in [0.25, 0.3) is 0 Å². The van der Waals surface area contributed by atoms with Crippen molar-refractivity contribution in [3.63, 3.8) is 0 Å². The third kappa shape index (κ3) is 4.09. The molecule has 1 fully saturated rings. The lowest BCUT2D eigenvalue weighted by molar-refractivity contribution is 0.500. The number of hydrogen-bond acceptors (Lipinski definition) is 0. The molecule has 0 saturated carbocycles. The van der Waals surface area contributed by atoms with Crippen LogP contribution in [0.4, 0.5) is 0 Å². The maximum absolute atomic E-state index is 2.49. The number of hydrogen-bond donors (Lipinski definition) is 0. The van der Waals surface area contributed by atoms with Gasteiger partial charge in [0, 0.05) is 0 Å². The molecule has 0 spiro atoms. The van der Waals surface area contributed by atoms with Gasteiger partial charge in [-0.25, -0.2) is 0 Å². The molecule has 1 aliphatic heterocycles. The molecule has 132 valence electrons. The fourth-order valence-electron chi connectivity index (χ4n) is 3.93. The SMILES string of the molecule is C[C@@H]1CP(c2ccccc2)C[C@H]1CP(c1ccccc1)c1ccccc1. The van der Waals surface area contributed by atoms with E-state index >= 15 is 0 Å².